The van der Waals surface area contributed by atoms with Gasteiger partial charge in [-0.1, -0.05) is 6.58 Å². The van der Waals surface area contributed by atoms with Crippen molar-refractivity contribution in [2.45, 2.75) is 6.73 Å². The van der Waals surface area contributed by atoms with E-state index in [2.05, 4.69) is 21.5 Å². The molecule has 0 aliphatic carbocycles. The third kappa shape index (κ3) is 2.40. The van der Waals surface area contributed by atoms with Crippen molar-refractivity contribution in [3.8, 4) is 0 Å². The van der Waals surface area contributed by atoms with Crippen LogP contribution in [0.2, 0.25) is 0 Å². The Morgan fingerprint density at radius 2 is 2.29 bits per heavy atom. The lowest BCUT2D eigenvalue weighted by Crippen LogP contribution is -2.06. The Balaban J connectivity index is 2.09. The highest BCUT2D eigenvalue weighted by Gasteiger charge is 2.07. The number of nitrogens with two attached hydrogens (primary N) is 1. The lowest BCUT2D eigenvalue weighted by atomic mass is 10.4. The van der Waals surface area contributed by atoms with E-state index >= 15 is 0 Å². The van der Waals surface area contributed by atoms with Crippen molar-refractivity contribution in [1.82, 2.24) is 19.5 Å². The van der Waals surface area contributed by atoms with Crippen LogP contribution in [0.3, 0.4) is 0 Å². The Kier molecular flexibility index (Phi) is 3.31. The van der Waals surface area contributed by atoms with E-state index in [-0.39, 0.29) is 19.9 Å². The fourth-order valence-electron chi connectivity index (χ4n) is 1.33. The first-order chi connectivity index (χ1) is 8.22. The van der Waals surface area contributed by atoms with E-state index in [1.54, 1.807) is 10.9 Å². The van der Waals surface area contributed by atoms with Gasteiger partial charge in [-0.3, -0.25) is 4.57 Å². The predicted molar refractivity (Wildman–Crippen MR) is 61.9 cm³/mol. The molecule has 2 aromatic rings. The maximum atomic E-state index is 8.76. The molecule has 7 nitrogen and oxygen atoms in total. The van der Waals surface area contributed by atoms with Crippen LogP contribution in [0.5, 0.6) is 0 Å². The molecule has 0 atom stereocenters. The maximum absolute atomic E-state index is 8.76. The second-order valence-corrected chi connectivity index (χ2v) is 3.53. The highest BCUT2D eigenvalue weighted by atomic mass is 16.5. The third-order valence-corrected chi connectivity index (χ3v) is 2.19. The van der Waals surface area contributed by atoms with Gasteiger partial charge in [0.25, 0.3) is 0 Å². The first-order valence-electron chi connectivity index (χ1n) is 4.99. The molecule has 0 saturated carbocycles. The second kappa shape index (κ2) is 4.89. The number of nitrogen functional groups attached to an aromatic ring is 1. The Labute approximate surface area is 97.6 Å². The van der Waals surface area contributed by atoms with Crippen LogP contribution in [-0.4, -0.2) is 37.8 Å². The molecule has 0 amide bonds. The van der Waals surface area contributed by atoms with E-state index in [4.69, 9.17) is 15.6 Å². The van der Waals surface area contributed by atoms with Crippen molar-refractivity contribution in [2.75, 3.05) is 18.9 Å². The van der Waals surface area contributed by atoms with Crippen molar-refractivity contribution >= 4 is 17.0 Å². The Hall–Kier alpha value is -1.99. The minimum atomic E-state index is -0.0835. The highest BCUT2D eigenvalue weighted by molar-refractivity contribution is 5.80. The van der Waals surface area contributed by atoms with Crippen LogP contribution in [0.1, 0.15) is 0 Å². The van der Waals surface area contributed by atoms with Crippen molar-refractivity contribution in [3.05, 3.63) is 24.8 Å². The largest absolute Gasteiger partial charge is 0.392 e. The highest BCUT2D eigenvalue weighted by Crippen LogP contribution is 2.13. The normalized spacial score (nSPS) is 10.9. The summed E-state index contributed by atoms with van der Waals surface area (Å²) < 4.78 is 7.05. The molecule has 90 valence electrons. The van der Waals surface area contributed by atoms with Gasteiger partial charge in [0, 0.05) is 0 Å². The van der Waals surface area contributed by atoms with E-state index in [1.807, 2.05) is 0 Å². The number of hydrogen-bond acceptors (Lipinski definition) is 6. The number of nitrogens with zero attached hydrogens (tertiary/aromatic N) is 4. The van der Waals surface area contributed by atoms with Gasteiger partial charge in [0.05, 0.1) is 19.5 Å². The molecular formula is C10H13N5O2. The first kappa shape index (κ1) is 11.5. The van der Waals surface area contributed by atoms with Crippen LogP contribution in [0.25, 0.3) is 11.2 Å². The summed E-state index contributed by atoms with van der Waals surface area (Å²) in [5.41, 5.74) is 7.44. The van der Waals surface area contributed by atoms with Gasteiger partial charge >= 0.3 is 0 Å². The van der Waals surface area contributed by atoms with Crippen molar-refractivity contribution in [1.29, 1.82) is 0 Å². The van der Waals surface area contributed by atoms with Crippen molar-refractivity contribution < 1.29 is 9.84 Å². The van der Waals surface area contributed by atoms with E-state index in [0.717, 1.165) is 0 Å². The fraction of sp³-hybridized carbons (Fsp3) is 0.300. The SMILES string of the molecule is C=C(CO)COCn1cnc2c(N)ncnc21. The quantitative estimate of drug-likeness (QED) is 0.704. The van der Waals surface area contributed by atoms with Crippen LogP contribution < -0.4 is 5.73 Å². The van der Waals surface area contributed by atoms with Gasteiger partial charge in [0.15, 0.2) is 11.5 Å². The Bertz CT molecular complexity index is 536. The first-order valence-corrected chi connectivity index (χ1v) is 4.99. The standard InChI is InChI=1S/C10H13N5O2/c1-7(2-16)3-17-6-15-5-14-8-9(11)12-4-13-10(8)15/h4-5,16H,1-3,6H2,(H2,11,12,13). The molecule has 2 rings (SSSR count). The van der Waals surface area contributed by atoms with Crippen LogP contribution in [0, 0.1) is 0 Å². The lowest BCUT2D eigenvalue weighted by Gasteiger charge is -2.06. The molecule has 0 fully saturated rings. The number of hydrogen-bond donors (Lipinski definition) is 2. The summed E-state index contributed by atoms with van der Waals surface area (Å²) in [5, 5.41) is 8.76. The second-order valence-electron chi connectivity index (χ2n) is 3.53. The average molecular weight is 235 g/mol. The number of imidazole rings is 1. The molecule has 0 spiro atoms. The summed E-state index contributed by atoms with van der Waals surface area (Å²) in [6, 6.07) is 0. The van der Waals surface area contributed by atoms with Crippen LogP contribution in [-0.2, 0) is 11.5 Å². The van der Waals surface area contributed by atoms with Crippen LogP contribution in [0.4, 0.5) is 5.82 Å². The zero-order valence-electron chi connectivity index (χ0n) is 9.20. The summed E-state index contributed by atoms with van der Waals surface area (Å²) in [6.07, 6.45) is 2.96. The molecule has 0 radical (unpaired) electrons. The third-order valence-electron chi connectivity index (χ3n) is 2.19. The zero-order chi connectivity index (χ0) is 12.3. The molecule has 0 aliphatic heterocycles. The molecule has 2 aromatic heterocycles. The Morgan fingerprint density at radius 1 is 1.47 bits per heavy atom. The number of aliphatic hydroxyl groups excluding tert-OH is 1. The Morgan fingerprint density at radius 3 is 3.06 bits per heavy atom. The molecule has 0 aromatic carbocycles. The summed E-state index contributed by atoms with van der Waals surface area (Å²) in [6.45, 7) is 4.10. The smallest absolute Gasteiger partial charge is 0.167 e. The lowest BCUT2D eigenvalue weighted by molar-refractivity contribution is 0.0919. The van der Waals surface area contributed by atoms with Crippen LogP contribution in [0.15, 0.2) is 24.8 Å². The molecule has 17 heavy (non-hydrogen) atoms. The summed E-state index contributed by atoms with van der Waals surface area (Å²) in [5.74, 6) is 0.341. The van der Waals surface area contributed by atoms with Gasteiger partial charge in [-0.15, -0.1) is 0 Å². The topological polar surface area (TPSA) is 99.1 Å². The number of rotatable bonds is 5. The molecule has 0 bridgehead atoms. The van der Waals surface area contributed by atoms with Gasteiger partial charge in [0.2, 0.25) is 0 Å². The number of aromatic nitrogens is 4. The maximum Gasteiger partial charge on any atom is 0.167 e. The number of ether oxygens (including phenoxy) is 1. The number of aliphatic hydroxyl groups is 1. The van der Waals surface area contributed by atoms with Gasteiger partial charge in [-0.05, 0) is 5.57 Å². The van der Waals surface area contributed by atoms with Crippen molar-refractivity contribution in [3.63, 3.8) is 0 Å². The number of anilines is 1. The van der Waals surface area contributed by atoms with Crippen LogP contribution >= 0.6 is 0 Å². The summed E-state index contributed by atoms with van der Waals surface area (Å²) >= 11 is 0. The predicted octanol–water partition coefficient (Wildman–Crippen LogP) is -0.0689. The zero-order valence-corrected chi connectivity index (χ0v) is 9.20. The number of fused-ring (bicyclic) bond motifs is 1. The minimum Gasteiger partial charge on any atom is -0.392 e. The van der Waals surface area contributed by atoms with Gasteiger partial charge in [-0.25, -0.2) is 15.0 Å². The molecule has 2 heterocycles. The van der Waals surface area contributed by atoms with E-state index < -0.39 is 0 Å². The summed E-state index contributed by atoms with van der Waals surface area (Å²) in [4.78, 5) is 12.0. The molecule has 7 heteroatoms. The monoisotopic (exact) mass is 235 g/mol. The van der Waals surface area contributed by atoms with E-state index in [9.17, 15) is 0 Å². The summed E-state index contributed by atoms with van der Waals surface area (Å²) in [7, 11) is 0. The molecule has 3 N–H and O–H groups in total. The molecule has 0 unspecified atom stereocenters. The van der Waals surface area contributed by atoms with Gasteiger partial charge in [-0.2, -0.15) is 0 Å². The van der Waals surface area contributed by atoms with Gasteiger partial charge in [0.1, 0.15) is 18.6 Å². The fourth-order valence-corrected chi connectivity index (χ4v) is 1.33. The molecular weight excluding hydrogens is 222 g/mol. The minimum absolute atomic E-state index is 0.0835. The molecule has 0 aliphatic rings. The van der Waals surface area contributed by atoms with Crippen molar-refractivity contribution in [2.24, 2.45) is 0 Å². The average Bonchev–Trinajstić information content (AvgIpc) is 2.74. The van der Waals surface area contributed by atoms with Gasteiger partial charge < -0.3 is 15.6 Å². The van der Waals surface area contributed by atoms with E-state index in [1.165, 1.54) is 6.33 Å². The van der Waals surface area contributed by atoms with E-state index in [0.29, 0.717) is 22.6 Å². The molecule has 0 saturated heterocycles.